The molecule has 1 saturated heterocycles. The molecule has 2 heterocycles. The van der Waals surface area contributed by atoms with Gasteiger partial charge in [0.05, 0.1) is 15.9 Å². The molecule has 1 amide bonds. The quantitative estimate of drug-likeness (QED) is 0.532. The molecule has 9 heteroatoms. The molecule has 0 radical (unpaired) electrons. The van der Waals surface area contributed by atoms with E-state index < -0.39 is 10.0 Å². The van der Waals surface area contributed by atoms with Crippen molar-refractivity contribution in [3.05, 3.63) is 64.6 Å². The molecule has 0 atom stereocenters. The Labute approximate surface area is 194 Å². The number of amides is 1. The van der Waals surface area contributed by atoms with E-state index in [2.05, 4.69) is 0 Å². The van der Waals surface area contributed by atoms with E-state index in [9.17, 15) is 18.0 Å². The standard InChI is InChI=1S/C24H30N4O4S/c1-18(2)28-21-12-11-20(33(31,32)26-13-7-8-14-26)15-22(21)27(24(28)30)17-23(29)25(3)16-19-9-5-4-6-10-19/h4-6,9-12,15,18H,7-8,13-14,16-17H2,1-3H3. The summed E-state index contributed by atoms with van der Waals surface area (Å²) in [6.45, 7) is 5.05. The maximum Gasteiger partial charge on any atom is 0.329 e. The first-order valence-electron chi connectivity index (χ1n) is 11.2. The number of benzene rings is 2. The molecule has 0 saturated carbocycles. The van der Waals surface area contributed by atoms with Gasteiger partial charge in [-0.15, -0.1) is 0 Å². The Morgan fingerprint density at radius 1 is 1.03 bits per heavy atom. The predicted molar refractivity (Wildman–Crippen MR) is 127 cm³/mol. The monoisotopic (exact) mass is 470 g/mol. The minimum absolute atomic E-state index is 0.139. The minimum atomic E-state index is -3.64. The van der Waals surface area contributed by atoms with Crippen LogP contribution in [-0.4, -0.2) is 52.8 Å². The van der Waals surface area contributed by atoms with Gasteiger partial charge in [-0.25, -0.2) is 13.2 Å². The van der Waals surface area contributed by atoms with Crippen LogP contribution in [0.4, 0.5) is 0 Å². The van der Waals surface area contributed by atoms with E-state index in [4.69, 9.17) is 0 Å². The second-order valence-electron chi connectivity index (χ2n) is 8.83. The van der Waals surface area contributed by atoms with E-state index in [1.54, 1.807) is 28.6 Å². The van der Waals surface area contributed by atoms with Gasteiger partial charge in [-0.1, -0.05) is 30.3 Å². The topological polar surface area (TPSA) is 84.6 Å². The number of aromatic nitrogens is 2. The first kappa shape index (κ1) is 23.3. The lowest BCUT2D eigenvalue weighted by Gasteiger charge is -2.18. The molecule has 1 aliphatic heterocycles. The number of nitrogens with zero attached hydrogens (tertiary/aromatic N) is 4. The first-order valence-corrected chi connectivity index (χ1v) is 12.7. The summed E-state index contributed by atoms with van der Waals surface area (Å²) in [6, 6.07) is 14.3. The van der Waals surface area contributed by atoms with E-state index in [1.165, 1.54) is 14.9 Å². The number of hydrogen-bond acceptors (Lipinski definition) is 4. The summed E-state index contributed by atoms with van der Waals surface area (Å²) in [5.41, 5.74) is 1.74. The number of carbonyl (C=O) groups excluding carboxylic acids is 1. The number of sulfonamides is 1. The highest BCUT2D eigenvalue weighted by Gasteiger charge is 2.28. The molecule has 2 aromatic carbocycles. The third kappa shape index (κ3) is 4.47. The molecule has 33 heavy (non-hydrogen) atoms. The van der Waals surface area contributed by atoms with Gasteiger partial charge in [0.1, 0.15) is 6.54 Å². The molecular weight excluding hydrogens is 440 g/mol. The fourth-order valence-corrected chi connectivity index (χ4v) is 5.89. The molecule has 0 aliphatic carbocycles. The highest BCUT2D eigenvalue weighted by molar-refractivity contribution is 7.89. The summed E-state index contributed by atoms with van der Waals surface area (Å²) >= 11 is 0. The van der Waals surface area contributed by atoms with Crippen molar-refractivity contribution in [3.63, 3.8) is 0 Å². The minimum Gasteiger partial charge on any atom is -0.340 e. The summed E-state index contributed by atoms with van der Waals surface area (Å²) in [5.74, 6) is -0.225. The summed E-state index contributed by atoms with van der Waals surface area (Å²) < 4.78 is 30.7. The zero-order valence-electron chi connectivity index (χ0n) is 19.3. The third-order valence-corrected chi connectivity index (χ3v) is 8.03. The van der Waals surface area contributed by atoms with Crippen molar-refractivity contribution in [2.45, 2.75) is 50.7 Å². The second-order valence-corrected chi connectivity index (χ2v) is 10.8. The van der Waals surface area contributed by atoms with Crippen LogP contribution in [0, 0.1) is 0 Å². The maximum absolute atomic E-state index is 13.3. The average Bonchev–Trinajstić information content (AvgIpc) is 3.42. The van der Waals surface area contributed by atoms with Crippen molar-refractivity contribution in [1.82, 2.24) is 18.3 Å². The number of imidazole rings is 1. The molecule has 0 N–H and O–H groups in total. The summed E-state index contributed by atoms with van der Waals surface area (Å²) in [5, 5.41) is 0. The van der Waals surface area contributed by atoms with Gasteiger partial charge in [-0.2, -0.15) is 4.31 Å². The molecule has 3 aromatic rings. The van der Waals surface area contributed by atoms with E-state index in [-0.39, 0.29) is 29.1 Å². The van der Waals surface area contributed by atoms with Crippen molar-refractivity contribution in [3.8, 4) is 0 Å². The van der Waals surface area contributed by atoms with Gasteiger partial charge < -0.3 is 4.90 Å². The van der Waals surface area contributed by atoms with Crippen LogP contribution in [0.15, 0.2) is 58.2 Å². The molecule has 4 rings (SSSR count). The van der Waals surface area contributed by atoms with E-state index in [0.717, 1.165) is 18.4 Å². The normalized spacial score (nSPS) is 14.9. The van der Waals surface area contributed by atoms with Gasteiger partial charge in [0, 0.05) is 32.7 Å². The number of likely N-dealkylation sites (N-methyl/N-ethyl adjacent to an activating group) is 1. The number of hydrogen-bond donors (Lipinski definition) is 0. The summed E-state index contributed by atoms with van der Waals surface area (Å²) in [4.78, 5) is 28.0. The van der Waals surface area contributed by atoms with Gasteiger partial charge in [0.15, 0.2) is 0 Å². The Hall–Kier alpha value is -2.91. The molecule has 1 fully saturated rings. The van der Waals surface area contributed by atoms with Crippen LogP contribution in [0.5, 0.6) is 0 Å². The van der Waals surface area contributed by atoms with Crippen LogP contribution in [0.1, 0.15) is 38.3 Å². The van der Waals surface area contributed by atoms with Crippen LogP contribution in [0.25, 0.3) is 11.0 Å². The third-order valence-electron chi connectivity index (χ3n) is 6.14. The van der Waals surface area contributed by atoms with Crippen LogP contribution >= 0.6 is 0 Å². The van der Waals surface area contributed by atoms with E-state index in [0.29, 0.717) is 30.7 Å². The lowest BCUT2D eigenvalue weighted by Crippen LogP contribution is -2.34. The van der Waals surface area contributed by atoms with Crippen LogP contribution in [0.2, 0.25) is 0 Å². The molecular formula is C24H30N4O4S. The second kappa shape index (κ2) is 9.15. The van der Waals surface area contributed by atoms with Gasteiger partial charge in [0.25, 0.3) is 0 Å². The fourth-order valence-electron chi connectivity index (χ4n) is 4.35. The fraction of sp³-hybridized carbons (Fsp3) is 0.417. The van der Waals surface area contributed by atoms with Crippen molar-refractivity contribution in [1.29, 1.82) is 0 Å². The molecule has 0 unspecified atom stereocenters. The van der Waals surface area contributed by atoms with Crippen molar-refractivity contribution >= 4 is 27.0 Å². The van der Waals surface area contributed by atoms with Gasteiger partial charge in [-0.3, -0.25) is 13.9 Å². The van der Waals surface area contributed by atoms with Crippen molar-refractivity contribution in [2.24, 2.45) is 0 Å². The average molecular weight is 471 g/mol. The maximum atomic E-state index is 13.3. The smallest absolute Gasteiger partial charge is 0.329 e. The Morgan fingerprint density at radius 3 is 2.33 bits per heavy atom. The van der Waals surface area contributed by atoms with Crippen LogP contribution in [-0.2, 0) is 27.9 Å². The Morgan fingerprint density at radius 2 is 1.70 bits per heavy atom. The molecule has 1 aliphatic rings. The van der Waals surface area contributed by atoms with E-state index >= 15 is 0 Å². The van der Waals surface area contributed by atoms with Gasteiger partial charge in [0.2, 0.25) is 15.9 Å². The largest absolute Gasteiger partial charge is 0.340 e. The van der Waals surface area contributed by atoms with E-state index in [1.807, 2.05) is 44.2 Å². The Balaban J connectivity index is 1.72. The van der Waals surface area contributed by atoms with Crippen molar-refractivity contribution < 1.29 is 13.2 Å². The highest BCUT2D eigenvalue weighted by Crippen LogP contribution is 2.25. The zero-order valence-corrected chi connectivity index (χ0v) is 20.1. The van der Waals surface area contributed by atoms with Gasteiger partial charge in [-0.05, 0) is 50.5 Å². The number of rotatable bonds is 7. The number of fused-ring (bicyclic) bond motifs is 1. The Bertz CT molecular complexity index is 1320. The lowest BCUT2D eigenvalue weighted by atomic mass is 10.2. The molecule has 0 spiro atoms. The first-order chi connectivity index (χ1) is 15.7. The Kier molecular flexibility index (Phi) is 6.45. The predicted octanol–water partition coefficient (Wildman–Crippen LogP) is 2.83. The highest BCUT2D eigenvalue weighted by atomic mass is 32.2. The van der Waals surface area contributed by atoms with Crippen LogP contribution < -0.4 is 5.69 Å². The summed E-state index contributed by atoms with van der Waals surface area (Å²) in [6.07, 6.45) is 1.69. The van der Waals surface area contributed by atoms with Crippen LogP contribution in [0.3, 0.4) is 0 Å². The lowest BCUT2D eigenvalue weighted by molar-refractivity contribution is -0.131. The summed E-state index contributed by atoms with van der Waals surface area (Å²) in [7, 11) is -1.94. The molecule has 8 nitrogen and oxygen atoms in total. The van der Waals surface area contributed by atoms with Crippen molar-refractivity contribution in [2.75, 3.05) is 20.1 Å². The number of carbonyl (C=O) groups is 1. The SMILES string of the molecule is CC(C)n1c(=O)n(CC(=O)N(C)Cc2ccccc2)c2cc(S(=O)(=O)N3CCCC3)ccc21. The zero-order chi connectivity index (χ0) is 23.8. The molecule has 176 valence electrons. The van der Waals surface area contributed by atoms with Gasteiger partial charge >= 0.3 is 5.69 Å². The molecule has 0 bridgehead atoms. The molecule has 1 aromatic heterocycles.